The maximum atomic E-state index is 11.8. The predicted octanol–water partition coefficient (Wildman–Crippen LogP) is 1.48. The molecule has 84 valence electrons. The van der Waals surface area contributed by atoms with Gasteiger partial charge in [0.1, 0.15) is 0 Å². The number of aromatic hydroxyl groups is 1. The third kappa shape index (κ3) is 1.85. The molecule has 1 aromatic rings. The summed E-state index contributed by atoms with van der Waals surface area (Å²) in [5.74, 6) is 0.187. The topological polar surface area (TPSA) is 47.2 Å². The van der Waals surface area contributed by atoms with Crippen molar-refractivity contribution in [3.63, 3.8) is 0 Å². The molecule has 1 N–H and O–H groups in total. The second kappa shape index (κ2) is 4.43. The van der Waals surface area contributed by atoms with Crippen LogP contribution in [0.5, 0.6) is 5.88 Å². The number of aromatic nitrogens is 2. The Balaban J connectivity index is 2.21. The highest BCUT2D eigenvalue weighted by molar-refractivity contribution is 9.09. The lowest BCUT2D eigenvalue weighted by Gasteiger charge is -2.02. The first-order chi connectivity index (χ1) is 7.25. The van der Waals surface area contributed by atoms with Crippen LogP contribution in [0.4, 0.5) is 0 Å². The van der Waals surface area contributed by atoms with Crippen molar-refractivity contribution in [2.24, 2.45) is 0 Å². The lowest BCUT2D eigenvalue weighted by molar-refractivity contribution is 0.403. The summed E-state index contributed by atoms with van der Waals surface area (Å²) in [6, 6.07) is 0. The van der Waals surface area contributed by atoms with Gasteiger partial charge in [0.2, 0.25) is 5.88 Å². The number of nitrogens with zero attached hydrogens (tertiary/aromatic N) is 2. The van der Waals surface area contributed by atoms with Gasteiger partial charge in [-0.2, -0.15) is 0 Å². The van der Waals surface area contributed by atoms with Gasteiger partial charge in [-0.25, -0.2) is 4.79 Å². The monoisotopic (exact) mass is 274 g/mol. The number of unbranched alkanes of at least 4 members (excludes halogenated alkanes) is 1. The van der Waals surface area contributed by atoms with E-state index in [2.05, 4.69) is 15.9 Å². The Morgan fingerprint density at radius 2 is 2.20 bits per heavy atom. The quantitative estimate of drug-likeness (QED) is 0.668. The molecule has 2 heterocycles. The molecular formula is C10H15BrN2O2. The Kier molecular flexibility index (Phi) is 3.19. The van der Waals surface area contributed by atoms with Crippen molar-refractivity contribution in [1.29, 1.82) is 0 Å². The minimum Gasteiger partial charge on any atom is -0.493 e. The summed E-state index contributed by atoms with van der Waals surface area (Å²) < 4.78 is 3.20. The summed E-state index contributed by atoms with van der Waals surface area (Å²) in [5, 5.41) is 10.8. The minimum atomic E-state index is -0.0467. The number of fused-ring (bicyclic) bond motifs is 1. The fourth-order valence-electron chi connectivity index (χ4n) is 2.08. The molecule has 2 rings (SSSR count). The van der Waals surface area contributed by atoms with Crippen LogP contribution in [0.2, 0.25) is 0 Å². The lowest BCUT2D eigenvalue weighted by Crippen LogP contribution is -2.23. The first kappa shape index (κ1) is 10.8. The maximum Gasteiger partial charge on any atom is 0.331 e. The van der Waals surface area contributed by atoms with E-state index in [9.17, 15) is 9.90 Å². The third-order valence-electron chi connectivity index (χ3n) is 2.86. The van der Waals surface area contributed by atoms with Crippen LogP contribution in [0.3, 0.4) is 0 Å². The fourth-order valence-corrected chi connectivity index (χ4v) is 2.47. The van der Waals surface area contributed by atoms with Crippen molar-refractivity contribution in [2.45, 2.75) is 38.8 Å². The van der Waals surface area contributed by atoms with Crippen LogP contribution in [0.25, 0.3) is 0 Å². The first-order valence-corrected chi connectivity index (χ1v) is 6.45. The second-order valence-corrected chi connectivity index (χ2v) is 4.65. The molecule has 0 saturated heterocycles. The lowest BCUT2D eigenvalue weighted by atomic mass is 10.3. The molecule has 0 spiro atoms. The molecule has 0 unspecified atom stereocenters. The Morgan fingerprint density at radius 1 is 1.40 bits per heavy atom. The van der Waals surface area contributed by atoms with Gasteiger partial charge in [0.25, 0.3) is 0 Å². The molecule has 1 aliphatic rings. The summed E-state index contributed by atoms with van der Waals surface area (Å²) in [6.45, 7) is 1.38. The van der Waals surface area contributed by atoms with Crippen LogP contribution in [-0.2, 0) is 19.5 Å². The molecule has 0 radical (unpaired) electrons. The van der Waals surface area contributed by atoms with Crippen LogP contribution in [0.1, 0.15) is 25.0 Å². The highest BCUT2D eigenvalue weighted by Gasteiger charge is 2.22. The van der Waals surface area contributed by atoms with E-state index >= 15 is 0 Å². The van der Waals surface area contributed by atoms with Crippen LogP contribution < -0.4 is 5.69 Å². The highest BCUT2D eigenvalue weighted by atomic mass is 79.9. The Bertz CT molecular complexity index is 408. The van der Waals surface area contributed by atoms with E-state index < -0.39 is 0 Å². The van der Waals surface area contributed by atoms with Gasteiger partial charge >= 0.3 is 5.69 Å². The van der Waals surface area contributed by atoms with E-state index in [0.29, 0.717) is 6.54 Å². The van der Waals surface area contributed by atoms with Crippen molar-refractivity contribution >= 4 is 15.9 Å². The number of halogens is 1. The predicted molar refractivity (Wildman–Crippen MR) is 61.7 cm³/mol. The first-order valence-electron chi connectivity index (χ1n) is 5.33. The van der Waals surface area contributed by atoms with Crippen molar-refractivity contribution in [1.82, 2.24) is 9.13 Å². The van der Waals surface area contributed by atoms with E-state index in [0.717, 1.165) is 43.3 Å². The Hall–Kier alpha value is -0.710. The van der Waals surface area contributed by atoms with Gasteiger partial charge in [-0.1, -0.05) is 15.9 Å². The summed E-state index contributed by atoms with van der Waals surface area (Å²) >= 11 is 3.35. The van der Waals surface area contributed by atoms with Crippen molar-refractivity contribution in [3.05, 3.63) is 16.2 Å². The van der Waals surface area contributed by atoms with Crippen LogP contribution in [0, 0.1) is 0 Å². The smallest absolute Gasteiger partial charge is 0.331 e. The second-order valence-electron chi connectivity index (χ2n) is 3.86. The number of hydrogen-bond acceptors (Lipinski definition) is 2. The zero-order valence-electron chi connectivity index (χ0n) is 8.58. The van der Waals surface area contributed by atoms with Gasteiger partial charge in [0.15, 0.2) is 0 Å². The summed E-state index contributed by atoms with van der Waals surface area (Å²) in [4.78, 5) is 11.8. The molecule has 1 aliphatic heterocycles. The largest absolute Gasteiger partial charge is 0.493 e. The Labute approximate surface area is 96.7 Å². The standard InChI is InChI=1S/C10H15BrN2O2/c11-5-1-2-6-13-9(14)8-4-3-7-12(8)10(13)15/h14H,1-7H2. The van der Waals surface area contributed by atoms with Gasteiger partial charge in [0, 0.05) is 18.4 Å². The fraction of sp³-hybridized carbons (Fsp3) is 0.700. The summed E-state index contributed by atoms with van der Waals surface area (Å²) in [6.07, 6.45) is 3.74. The maximum absolute atomic E-state index is 11.8. The molecule has 0 fully saturated rings. The SMILES string of the molecule is O=c1n(CCCCBr)c(O)c2n1CCC2. The minimum absolute atomic E-state index is 0.0467. The van der Waals surface area contributed by atoms with Gasteiger partial charge in [0.05, 0.1) is 5.69 Å². The zero-order valence-corrected chi connectivity index (χ0v) is 10.2. The van der Waals surface area contributed by atoms with Gasteiger partial charge in [-0.3, -0.25) is 9.13 Å². The normalized spacial score (nSPS) is 14.5. The zero-order chi connectivity index (χ0) is 10.8. The van der Waals surface area contributed by atoms with Crippen LogP contribution in [-0.4, -0.2) is 19.6 Å². The van der Waals surface area contributed by atoms with Crippen molar-refractivity contribution in [2.75, 3.05) is 5.33 Å². The molecule has 0 aliphatic carbocycles. The molecular weight excluding hydrogens is 260 g/mol. The molecule has 0 aromatic carbocycles. The molecule has 4 nitrogen and oxygen atoms in total. The number of hydrogen-bond donors (Lipinski definition) is 1. The number of rotatable bonds is 4. The molecule has 0 saturated carbocycles. The van der Waals surface area contributed by atoms with Crippen molar-refractivity contribution in [3.8, 4) is 5.88 Å². The van der Waals surface area contributed by atoms with Gasteiger partial charge in [-0.05, 0) is 25.7 Å². The molecule has 15 heavy (non-hydrogen) atoms. The van der Waals surface area contributed by atoms with E-state index in [4.69, 9.17) is 0 Å². The number of alkyl halides is 1. The molecule has 1 aromatic heterocycles. The van der Waals surface area contributed by atoms with Gasteiger partial charge < -0.3 is 5.11 Å². The van der Waals surface area contributed by atoms with Gasteiger partial charge in [-0.15, -0.1) is 0 Å². The average Bonchev–Trinajstić information content (AvgIpc) is 2.77. The summed E-state index contributed by atoms with van der Waals surface area (Å²) in [5.41, 5.74) is 0.772. The third-order valence-corrected chi connectivity index (χ3v) is 3.42. The average molecular weight is 275 g/mol. The Morgan fingerprint density at radius 3 is 2.87 bits per heavy atom. The van der Waals surface area contributed by atoms with Crippen LogP contribution >= 0.6 is 15.9 Å². The highest BCUT2D eigenvalue weighted by Crippen LogP contribution is 2.23. The molecule has 0 bridgehead atoms. The van der Waals surface area contributed by atoms with Crippen molar-refractivity contribution < 1.29 is 5.11 Å². The van der Waals surface area contributed by atoms with Crippen LogP contribution in [0.15, 0.2) is 4.79 Å². The molecule has 0 atom stereocenters. The van der Waals surface area contributed by atoms with E-state index in [1.165, 1.54) is 4.57 Å². The summed E-state index contributed by atoms with van der Waals surface area (Å²) in [7, 11) is 0. The molecule has 0 amide bonds. The molecule has 5 heteroatoms. The van der Waals surface area contributed by atoms with E-state index in [1.54, 1.807) is 4.57 Å². The number of imidazole rings is 1. The van der Waals surface area contributed by atoms with E-state index in [-0.39, 0.29) is 11.6 Å². The van der Waals surface area contributed by atoms with E-state index in [1.807, 2.05) is 0 Å².